The summed E-state index contributed by atoms with van der Waals surface area (Å²) in [6.07, 6.45) is 1.80. The highest BCUT2D eigenvalue weighted by atomic mass is 16.2. The Morgan fingerprint density at radius 2 is 2.07 bits per heavy atom. The third-order valence-electron chi connectivity index (χ3n) is 5.04. The van der Waals surface area contributed by atoms with E-state index < -0.39 is 11.5 Å². The van der Waals surface area contributed by atoms with Gasteiger partial charge in [0.2, 0.25) is 11.8 Å². The average molecular weight is 392 g/mol. The van der Waals surface area contributed by atoms with E-state index in [9.17, 15) is 9.59 Å². The van der Waals surface area contributed by atoms with Gasteiger partial charge in [-0.2, -0.15) is 5.10 Å². The molecule has 2 aromatic heterocycles. The molecule has 8 nitrogen and oxygen atoms in total. The van der Waals surface area contributed by atoms with E-state index >= 15 is 0 Å². The van der Waals surface area contributed by atoms with Crippen molar-refractivity contribution in [3.8, 4) is 11.3 Å². The minimum absolute atomic E-state index is 0.0783. The number of hydrogen-bond donors (Lipinski definition) is 3. The molecule has 150 valence electrons. The number of H-pyrrole nitrogens is 1. The molecule has 0 radical (unpaired) electrons. The van der Waals surface area contributed by atoms with Crippen LogP contribution in [0.15, 0.2) is 42.6 Å². The minimum atomic E-state index is -0.659. The lowest BCUT2D eigenvalue weighted by Gasteiger charge is -2.27. The molecule has 3 aromatic rings. The fraction of sp³-hybridized carbons (Fsp3) is 0.333. The van der Waals surface area contributed by atoms with Gasteiger partial charge in [0.25, 0.3) is 0 Å². The maximum atomic E-state index is 12.6. The van der Waals surface area contributed by atoms with Gasteiger partial charge in [0, 0.05) is 29.9 Å². The van der Waals surface area contributed by atoms with Gasteiger partial charge in [-0.1, -0.05) is 30.3 Å². The summed E-state index contributed by atoms with van der Waals surface area (Å²) in [5, 5.41) is 10.4. The Morgan fingerprint density at radius 3 is 2.76 bits per heavy atom. The summed E-state index contributed by atoms with van der Waals surface area (Å²) in [7, 11) is 0. The normalized spacial score (nSPS) is 16.2. The van der Waals surface area contributed by atoms with Gasteiger partial charge in [-0.3, -0.25) is 9.59 Å². The zero-order valence-electron chi connectivity index (χ0n) is 16.7. The van der Waals surface area contributed by atoms with Gasteiger partial charge in [0.05, 0.1) is 23.7 Å². The van der Waals surface area contributed by atoms with E-state index in [0.29, 0.717) is 18.2 Å². The number of rotatable bonds is 5. The molecule has 0 spiro atoms. The number of carbonyl (C=O) groups excluding carboxylic acids is 2. The van der Waals surface area contributed by atoms with Crippen LogP contribution in [0, 0.1) is 12.8 Å². The smallest absolute Gasteiger partial charge is 0.231 e. The van der Waals surface area contributed by atoms with Gasteiger partial charge in [-0.15, -0.1) is 0 Å². The van der Waals surface area contributed by atoms with E-state index in [1.54, 1.807) is 10.9 Å². The Bertz CT molecular complexity index is 1050. The van der Waals surface area contributed by atoms with E-state index in [4.69, 9.17) is 0 Å². The molecule has 2 amide bonds. The monoisotopic (exact) mass is 392 g/mol. The maximum Gasteiger partial charge on any atom is 0.231 e. The van der Waals surface area contributed by atoms with Gasteiger partial charge in [0.15, 0.2) is 0 Å². The van der Waals surface area contributed by atoms with E-state index in [0.717, 1.165) is 17.0 Å². The highest BCUT2D eigenvalue weighted by Crippen LogP contribution is 2.27. The van der Waals surface area contributed by atoms with Crippen molar-refractivity contribution in [2.45, 2.75) is 39.3 Å². The van der Waals surface area contributed by atoms with Crippen molar-refractivity contribution in [3.05, 3.63) is 54.1 Å². The number of aryl methyl sites for hydroxylation is 1. The van der Waals surface area contributed by atoms with E-state index in [1.165, 1.54) is 0 Å². The number of carbonyl (C=O) groups is 2. The van der Waals surface area contributed by atoms with Gasteiger partial charge >= 0.3 is 0 Å². The maximum absolute atomic E-state index is 12.6. The fourth-order valence-electron chi connectivity index (χ4n) is 3.50. The van der Waals surface area contributed by atoms with Crippen LogP contribution in [-0.2, 0) is 21.7 Å². The standard InChI is InChI=1S/C21H24N6O2/c1-13-11-22-20(23-13)21(2,3)25-18(28)9-15-12-27-17(24-19(15)29)10-16(26-27)14-7-5-4-6-8-14/h4-8,10-11,15H,9,12H2,1-3H3,(H,22,23)(H,24,29)(H,25,28). The third-order valence-corrected chi connectivity index (χ3v) is 5.04. The molecule has 1 atom stereocenters. The van der Waals surface area contributed by atoms with Crippen molar-refractivity contribution in [1.29, 1.82) is 0 Å². The molecule has 4 rings (SSSR count). The SMILES string of the molecule is Cc1cnc(C(C)(C)NC(=O)CC2Cn3nc(-c4ccccc4)cc3NC2=O)[nH]1. The molecule has 0 bridgehead atoms. The Kier molecular flexibility index (Phi) is 4.70. The number of nitrogens with one attached hydrogen (secondary N) is 3. The second-order valence-electron chi connectivity index (χ2n) is 7.94. The number of aromatic nitrogens is 4. The van der Waals surface area contributed by atoms with Crippen LogP contribution in [0.1, 0.15) is 31.8 Å². The van der Waals surface area contributed by atoms with Crippen LogP contribution in [0.5, 0.6) is 0 Å². The molecule has 1 aliphatic heterocycles. The molecule has 0 fully saturated rings. The average Bonchev–Trinajstić information content (AvgIpc) is 3.29. The minimum Gasteiger partial charge on any atom is -0.344 e. The number of hydrogen-bond acceptors (Lipinski definition) is 4. The first-order chi connectivity index (χ1) is 13.8. The zero-order chi connectivity index (χ0) is 20.6. The number of fused-ring (bicyclic) bond motifs is 1. The summed E-state index contributed by atoms with van der Waals surface area (Å²) in [5.74, 6) is 0.470. The van der Waals surface area contributed by atoms with Crippen LogP contribution >= 0.6 is 0 Å². The van der Waals surface area contributed by atoms with Crippen LogP contribution in [0.2, 0.25) is 0 Å². The van der Waals surface area contributed by atoms with Crippen LogP contribution in [-0.4, -0.2) is 31.6 Å². The van der Waals surface area contributed by atoms with Crippen molar-refractivity contribution in [1.82, 2.24) is 25.1 Å². The second kappa shape index (κ2) is 7.20. The largest absolute Gasteiger partial charge is 0.344 e. The zero-order valence-corrected chi connectivity index (χ0v) is 16.7. The molecule has 0 aliphatic carbocycles. The number of amides is 2. The third kappa shape index (κ3) is 3.91. The molecule has 0 saturated heterocycles. The predicted octanol–water partition coefficient (Wildman–Crippen LogP) is 2.59. The lowest BCUT2D eigenvalue weighted by atomic mass is 10.00. The first-order valence-electron chi connectivity index (χ1n) is 9.59. The van der Waals surface area contributed by atoms with Gasteiger partial charge < -0.3 is 15.6 Å². The molecule has 1 unspecified atom stereocenters. The molecule has 29 heavy (non-hydrogen) atoms. The molecule has 1 aliphatic rings. The number of nitrogens with zero attached hydrogens (tertiary/aromatic N) is 3. The number of imidazole rings is 1. The summed E-state index contributed by atoms with van der Waals surface area (Å²) in [4.78, 5) is 32.6. The summed E-state index contributed by atoms with van der Waals surface area (Å²) in [6.45, 7) is 6.03. The van der Waals surface area contributed by atoms with E-state index in [1.807, 2.05) is 57.2 Å². The number of anilines is 1. The van der Waals surface area contributed by atoms with E-state index in [2.05, 4.69) is 25.7 Å². The first kappa shape index (κ1) is 18.9. The summed E-state index contributed by atoms with van der Waals surface area (Å²) < 4.78 is 1.75. The first-order valence-corrected chi connectivity index (χ1v) is 9.59. The Hall–Kier alpha value is -3.42. The lowest BCUT2D eigenvalue weighted by molar-refractivity contribution is -0.129. The summed E-state index contributed by atoms with van der Waals surface area (Å²) >= 11 is 0. The molecular weight excluding hydrogens is 368 g/mol. The summed E-state index contributed by atoms with van der Waals surface area (Å²) in [6, 6.07) is 11.6. The van der Waals surface area contributed by atoms with Crippen LogP contribution < -0.4 is 10.6 Å². The number of benzene rings is 1. The molecule has 3 N–H and O–H groups in total. The Labute approximate surface area is 168 Å². The summed E-state index contributed by atoms with van der Waals surface area (Å²) in [5.41, 5.74) is 2.04. The molecule has 0 saturated carbocycles. The van der Waals surface area contributed by atoms with Crippen molar-refractivity contribution >= 4 is 17.6 Å². The highest BCUT2D eigenvalue weighted by Gasteiger charge is 2.32. The molecule has 3 heterocycles. The Balaban J connectivity index is 1.45. The van der Waals surface area contributed by atoms with Crippen LogP contribution in [0.25, 0.3) is 11.3 Å². The van der Waals surface area contributed by atoms with Crippen molar-refractivity contribution < 1.29 is 9.59 Å². The lowest BCUT2D eigenvalue weighted by Crippen LogP contribution is -2.44. The Morgan fingerprint density at radius 1 is 1.31 bits per heavy atom. The second-order valence-corrected chi connectivity index (χ2v) is 7.94. The molecule has 8 heteroatoms. The van der Waals surface area contributed by atoms with Gasteiger partial charge in [0.1, 0.15) is 11.6 Å². The van der Waals surface area contributed by atoms with Crippen molar-refractivity contribution in [2.75, 3.05) is 5.32 Å². The molecule has 1 aromatic carbocycles. The molecular formula is C21H24N6O2. The van der Waals surface area contributed by atoms with Gasteiger partial charge in [-0.05, 0) is 20.8 Å². The topological polar surface area (TPSA) is 105 Å². The highest BCUT2D eigenvalue weighted by molar-refractivity contribution is 5.96. The fourth-order valence-corrected chi connectivity index (χ4v) is 3.50. The van der Waals surface area contributed by atoms with Crippen molar-refractivity contribution in [2.24, 2.45) is 5.92 Å². The van der Waals surface area contributed by atoms with Crippen LogP contribution in [0.3, 0.4) is 0 Å². The quantitative estimate of drug-likeness (QED) is 0.621. The predicted molar refractivity (Wildman–Crippen MR) is 109 cm³/mol. The van der Waals surface area contributed by atoms with Crippen LogP contribution in [0.4, 0.5) is 5.82 Å². The van der Waals surface area contributed by atoms with Gasteiger partial charge in [-0.25, -0.2) is 9.67 Å². The number of aromatic amines is 1. The van der Waals surface area contributed by atoms with E-state index in [-0.39, 0.29) is 18.2 Å². The van der Waals surface area contributed by atoms with Crippen molar-refractivity contribution in [3.63, 3.8) is 0 Å².